The van der Waals surface area contributed by atoms with Crippen LogP contribution in [0.3, 0.4) is 0 Å². The van der Waals surface area contributed by atoms with E-state index in [4.69, 9.17) is 14.0 Å². The number of nitrogens with zero attached hydrogens (tertiary/aromatic N) is 2. The van der Waals surface area contributed by atoms with Crippen molar-refractivity contribution in [1.29, 1.82) is 0 Å². The van der Waals surface area contributed by atoms with Gasteiger partial charge in [0.05, 0.1) is 0 Å². The Morgan fingerprint density at radius 2 is 1.64 bits per heavy atom. The van der Waals surface area contributed by atoms with Gasteiger partial charge in [0.25, 0.3) is 0 Å². The smallest absolute Gasteiger partial charge is 0.407 e. The van der Waals surface area contributed by atoms with E-state index in [0.29, 0.717) is 37.0 Å². The van der Waals surface area contributed by atoms with Crippen LogP contribution in [0.25, 0.3) is 11.1 Å². The maximum Gasteiger partial charge on any atom is 0.407 e. The summed E-state index contributed by atoms with van der Waals surface area (Å²) >= 11 is 0. The number of hydrogen-bond donors (Lipinski definition) is 2. The fraction of sp³-hybridized carbons (Fsp3) is 0.515. The van der Waals surface area contributed by atoms with Crippen molar-refractivity contribution in [3.8, 4) is 11.1 Å². The second kappa shape index (κ2) is 13.4. The minimum Gasteiger partial charge on any atom is -0.449 e. The standard InChI is InChI=1S/C33H42N4O5/c1-33(2,3)41-31(38)34-19-11-18-28(30-36-29(37-42-30)20-22-12-5-4-6-13-22)35-32(39)40-21-27-25-16-9-7-14-23(25)24-15-8-10-17-26(24)27/h7-10,14-17,22,27-28H,4-6,11-13,18-21H2,1-3H3,(H,34,38)(H,35,39). The van der Waals surface area contributed by atoms with E-state index in [1.807, 2.05) is 45.0 Å². The molecule has 224 valence electrons. The van der Waals surface area contributed by atoms with Crippen LogP contribution in [-0.4, -0.2) is 41.1 Å². The Labute approximate surface area is 247 Å². The molecular weight excluding hydrogens is 532 g/mol. The highest BCUT2D eigenvalue weighted by molar-refractivity contribution is 5.79. The van der Waals surface area contributed by atoms with Gasteiger partial charge in [-0.05, 0) is 61.8 Å². The Balaban J connectivity index is 1.21. The fourth-order valence-corrected chi connectivity index (χ4v) is 5.99. The number of alkyl carbamates (subject to hydrolysis) is 2. The molecule has 0 bridgehead atoms. The molecule has 1 unspecified atom stereocenters. The summed E-state index contributed by atoms with van der Waals surface area (Å²) in [5.74, 6) is 1.55. The quantitative estimate of drug-likeness (QED) is 0.249. The number of aromatic nitrogens is 2. The zero-order valence-electron chi connectivity index (χ0n) is 24.9. The van der Waals surface area contributed by atoms with Crippen LogP contribution in [0.4, 0.5) is 9.59 Å². The van der Waals surface area contributed by atoms with E-state index in [1.165, 1.54) is 43.2 Å². The molecule has 5 rings (SSSR count). The number of nitrogens with one attached hydrogen (secondary N) is 2. The van der Waals surface area contributed by atoms with E-state index in [-0.39, 0.29) is 12.5 Å². The lowest BCUT2D eigenvalue weighted by molar-refractivity contribution is 0.0526. The Morgan fingerprint density at radius 1 is 0.976 bits per heavy atom. The zero-order valence-corrected chi connectivity index (χ0v) is 24.9. The summed E-state index contributed by atoms with van der Waals surface area (Å²) in [7, 11) is 0. The van der Waals surface area contributed by atoms with Crippen molar-refractivity contribution in [2.45, 2.75) is 89.7 Å². The van der Waals surface area contributed by atoms with E-state index < -0.39 is 23.8 Å². The lowest BCUT2D eigenvalue weighted by Crippen LogP contribution is -2.34. The minimum atomic E-state index is -0.573. The zero-order chi connectivity index (χ0) is 29.5. The Hall–Kier alpha value is -3.88. The van der Waals surface area contributed by atoms with Crippen LogP contribution >= 0.6 is 0 Å². The average Bonchev–Trinajstić information content (AvgIpc) is 3.56. The van der Waals surface area contributed by atoms with Gasteiger partial charge in [-0.2, -0.15) is 4.98 Å². The molecule has 0 radical (unpaired) electrons. The highest BCUT2D eigenvalue weighted by atomic mass is 16.6. The third-order valence-electron chi connectivity index (χ3n) is 7.95. The largest absolute Gasteiger partial charge is 0.449 e. The molecule has 2 aliphatic rings. The van der Waals surface area contributed by atoms with Crippen LogP contribution in [0.1, 0.15) is 101 Å². The second-order valence-corrected chi connectivity index (χ2v) is 12.4. The monoisotopic (exact) mass is 574 g/mol. The number of carbonyl (C=O) groups is 2. The summed E-state index contributed by atoms with van der Waals surface area (Å²) in [6.07, 6.45) is 6.93. The molecule has 3 aromatic rings. The van der Waals surface area contributed by atoms with Crippen molar-refractivity contribution in [3.05, 3.63) is 71.4 Å². The molecule has 0 spiro atoms. The van der Waals surface area contributed by atoms with Gasteiger partial charge >= 0.3 is 12.2 Å². The summed E-state index contributed by atoms with van der Waals surface area (Å²) in [4.78, 5) is 29.8. The normalized spacial score (nSPS) is 15.9. The van der Waals surface area contributed by atoms with E-state index in [1.54, 1.807) is 0 Å². The first-order valence-electron chi connectivity index (χ1n) is 15.2. The first kappa shape index (κ1) is 29.6. The van der Waals surface area contributed by atoms with Crippen LogP contribution < -0.4 is 10.6 Å². The van der Waals surface area contributed by atoms with Gasteiger partial charge in [-0.25, -0.2) is 9.59 Å². The molecule has 1 heterocycles. The van der Waals surface area contributed by atoms with Crippen molar-refractivity contribution in [3.63, 3.8) is 0 Å². The lowest BCUT2D eigenvalue weighted by atomic mass is 9.87. The molecule has 2 amide bonds. The number of rotatable bonds is 10. The van der Waals surface area contributed by atoms with Crippen molar-refractivity contribution in [2.24, 2.45) is 5.92 Å². The van der Waals surface area contributed by atoms with Gasteiger partial charge in [-0.3, -0.25) is 0 Å². The van der Waals surface area contributed by atoms with Gasteiger partial charge in [0.2, 0.25) is 5.89 Å². The SMILES string of the molecule is CC(C)(C)OC(=O)NCCCC(NC(=O)OCC1c2ccccc2-c2ccccc21)c1nc(CC2CCCCC2)no1. The Morgan fingerprint density at radius 3 is 2.31 bits per heavy atom. The maximum atomic E-state index is 13.1. The fourth-order valence-electron chi connectivity index (χ4n) is 5.99. The summed E-state index contributed by atoms with van der Waals surface area (Å²) < 4.78 is 16.7. The molecule has 0 saturated heterocycles. The van der Waals surface area contributed by atoms with Crippen LogP contribution in [0.5, 0.6) is 0 Å². The first-order valence-corrected chi connectivity index (χ1v) is 15.2. The molecule has 42 heavy (non-hydrogen) atoms. The van der Waals surface area contributed by atoms with Gasteiger partial charge in [0.15, 0.2) is 5.82 Å². The molecule has 2 N–H and O–H groups in total. The molecule has 1 fully saturated rings. The predicted octanol–water partition coefficient (Wildman–Crippen LogP) is 7.08. The summed E-state index contributed by atoms with van der Waals surface area (Å²) in [5, 5.41) is 9.94. The van der Waals surface area contributed by atoms with Crippen molar-refractivity contribution >= 4 is 12.2 Å². The number of amides is 2. The van der Waals surface area contributed by atoms with Crippen molar-refractivity contribution in [2.75, 3.05) is 13.2 Å². The van der Waals surface area contributed by atoms with Crippen LogP contribution in [0, 0.1) is 5.92 Å². The summed E-state index contributed by atoms with van der Waals surface area (Å²) in [5.41, 5.74) is 4.08. The molecule has 0 aliphatic heterocycles. The van der Waals surface area contributed by atoms with Crippen LogP contribution in [-0.2, 0) is 15.9 Å². The highest BCUT2D eigenvalue weighted by Gasteiger charge is 2.30. The number of carbonyl (C=O) groups excluding carboxylic acids is 2. The molecule has 9 heteroatoms. The van der Waals surface area contributed by atoms with E-state index in [2.05, 4.69) is 45.0 Å². The number of fused-ring (bicyclic) bond motifs is 3. The third-order valence-corrected chi connectivity index (χ3v) is 7.95. The van der Waals surface area contributed by atoms with Gasteiger partial charge in [-0.15, -0.1) is 0 Å². The first-order chi connectivity index (χ1) is 20.3. The topological polar surface area (TPSA) is 116 Å². The minimum absolute atomic E-state index is 0.0369. The number of ether oxygens (including phenoxy) is 2. The van der Waals surface area contributed by atoms with Gasteiger partial charge in [-0.1, -0.05) is 85.8 Å². The van der Waals surface area contributed by atoms with Gasteiger partial charge < -0.3 is 24.6 Å². The Kier molecular flexibility index (Phi) is 9.45. The summed E-state index contributed by atoms with van der Waals surface area (Å²) in [6, 6.07) is 15.9. The molecule has 1 atom stereocenters. The van der Waals surface area contributed by atoms with Crippen LogP contribution in [0.2, 0.25) is 0 Å². The number of hydrogen-bond acceptors (Lipinski definition) is 7. The third kappa shape index (κ3) is 7.69. The van der Waals surface area contributed by atoms with Crippen LogP contribution in [0.15, 0.2) is 53.1 Å². The van der Waals surface area contributed by atoms with Crippen molar-refractivity contribution < 1.29 is 23.6 Å². The number of benzene rings is 2. The van der Waals surface area contributed by atoms with E-state index in [0.717, 1.165) is 17.5 Å². The molecule has 9 nitrogen and oxygen atoms in total. The second-order valence-electron chi connectivity index (χ2n) is 12.4. The van der Waals surface area contributed by atoms with E-state index >= 15 is 0 Å². The molecule has 2 aromatic carbocycles. The van der Waals surface area contributed by atoms with E-state index in [9.17, 15) is 9.59 Å². The van der Waals surface area contributed by atoms with Gasteiger partial charge in [0, 0.05) is 18.9 Å². The molecule has 1 aromatic heterocycles. The highest BCUT2D eigenvalue weighted by Crippen LogP contribution is 2.44. The molecular formula is C33H42N4O5. The Bertz CT molecular complexity index is 1310. The molecule has 2 aliphatic carbocycles. The molecule has 1 saturated carbocycles. The maximum absolute atomic E-state index is 13.1. The predicted molar refractivity (Wildman–Crippen MR) is 159 cm³/mol. The lowest BCUT2D eigenvalue weighted by Gasteiger charge is -2.20. The van der Waals surface area contributed by atoms with Gasteiger partial charge in [0.1, 0.15) is 18.2 Å². The summed E-state index contributed by atoms with van der Waals surface area (Å²) in [6.45, 7) is 6.05. The average molecular weight is 575 g/mol. The van der Waals surface area contributed by atoms with Crippen molar-refractivity contribution in [1.82, 2.24) is 20.8 Å².